The van der Waals surface area contributed by atoms with Gasteiger partial charge in [0.2, 0.25) is 0 Å². The summed E-state index contributed by atoms with van der Waals surface area (Å²) in [6.45, 7) is 2.52. The fraction of sp³-hybridized carbons (Fsp3) is 0.105. The molecule has 4 aromatic rings. The van der Waals surface area contributed by atoms with Crippen molar-refractivity contribution < 1.29 is 0 Å². The predicted octanol–water partition coefficient (Wildman–Crippen LogP) is 4.58. The summed E-state index contributed by atoms with van der Waals surface area (Å²) >= 11 is 6.03. The Kier molecular flexibility index (Phi) is 3.54. The van der Waals surface area contributed by atoms with E-state index in [1.54, 1.807) is 6.07 Å². The van der Waals surface area contributed by atoms with Crippen molar-refractivity contribution >= 4 is 39.1 Å². The maximum atomic E-state index is 12.2. The highest BCUT2D eigenvalue weighted by Gasteiger charge is 2.05. The number of hydrogen-bond acceptors (Lipinski definition) is 2. The minimum absolute atomic E-state index is 0.0868. The first kappa shape index (κ1) is 14.8. The van der Waals surface area contributed by atoms with E-state index in [9.17, 15) is 4.79 Å². The Hall–Kier alpha value is -2.72. The second-order valence-corrected chi connectivity index (χ2v) is 6.38. The molecule has 2 aromatic carbocycles. The summed E-state index contributed by atoms with van der Waals surface area (Å²) in [5.41, 5.74) is 4.67. The molecule has 0 amide bonds. The summed E-state index contributed by atoms with van der Waals surface area (Å²) in [7, 11) is 0. The molecule has 24 heavy (non-hydrogen) atoms. The number of pyridine rings is 1. The molecule has 120 valence electrons. The van der Waals surface area contributed by atoms with Gasteiger partial charge in [0.05, 0.1) is 0 Å². The van der Waals surface area contributed by atoms with Crippen LogP contribution in [0.3, 0.4) is 0 Å². The van der Waals surface area contributed by atoms with Gasteiger partial charge in [-0.15, -0.1) is 0 Å². The third kappa shape index (κ3) is 2.65. The van der Waals surface area contributed by atoms with E-state index in [-0.39, 0.29) is 5.56 Å². The van der Waals surface area contributed by atoms with Gasteiger partial charge >= 0.3 is 0 Å². The van der Waals surface area contributed by atoms with Crippen LogP contribution in [0.2, 0.25) is 5.02 Å². The largest absolute Gasteiger partial charge is 0.381 e. The molecule has 0 bridgehead atoms. The molecule has 0 saturated carbocycles. The average molecular weight is 338 g/mol. The van der Waals surface area contributed by atoms with Crippen LogP contribution < -0.4 is 10.9 Å². The van der Waals surface area contributed by atoms with Crippen LogP contribution in [-0.4, -0.2) is 9.97 Å². The summed E-state index contributed by atoms with van der Waals surface area (Å²) in [5.74, 6) is 0. The smallest absolute Gasteiger partial charge is 0.253 e. The van der Waals surface area contributed by atoms with Gasteiger partial charge in [-0.3, -0.25) is 4.79 Å². The molecule has 0 aliphatic heterocycles. The van der Waals surface area contributed by atoms with Crippen LogP contribution in [0, 0.1) is 6.92 Å². The van der Waals surface area contributed by atoms with E-state index in [1.165, 1.54) is 10.9 Å². The molecule has 2 heterocycles. The van der Waals surface area contributed by atoms with Crippen molar-refractivity contribution in [3.05, 3.63) is 75.2 Å². The van der Waals surface area contributed by atoms with Crippen LogP contribution in [0.15, 0.2) is 53.5 Å². The number of halogens is 1. The number of benzene rings is 2. The van der Waals surface area contributed by atoms with Gasteiger partial charge < -0.3 is 15.3 Å². The number of nitrogens with one attached hydrogen (secondary N) is 3. The highest BCUT2D eigenvalue weighted by Crippen LogP contribution is 2.22. The Labute approximate surface area is 143 Å². The van der Waals surface area contributed by atoms with Gasteiger partial charge in [0.1, 0.15) is 0 Å². The molecule has 0 unspecified atom stereocenters. The molecule has 4 nitrogen and oxygen atoms in total. The first-order valence-electron chi connectivity index (χ1n) is 7.73. The number of aromatic nitrogens is 2. The molecule has 0 aliphatic carbocycles. The fourth-order valence-corrected chi connectivity index (χ4v) is 3.10. The zero-order chi connectivity index (χ0) is 16.7. The zero-order valence-corrected chi connectivity index (χ0v) is 13.9. The first-order valence-corrected chi connectivity index (χ1v) is 8.11. The second kappa shape index (κ2) is 5.73. The molecule has 3 N–H and O–H groups in total. The van der Waals surface area contributed by atoms with Gasteiger partial charge in [-0.05, 0) is 55.0 Å². The van der Waals surface area contributed by atoms with Crippen LogP contribution in [0.1, 0.15) is 11.1 Å². The quantitative estimate of drug-likeness (QED) is 0.512. The minimum Gasteiger partial charge on any atom is -0.381 e. The standard InChI is InChI=1S/C19H16ClN3O/c1-11-9-22-18-5-3-15(8-16(11)18)21-10-13-6-12-7-14(20)2-4-17(12)23-19(13)24/h2-9,21-22H,10H2,1H3,(H,23,24). The summed E-state index contributed by atoms with van der Waals surface area (Å²) < 4.78 is 0. The Morgan fingerprint density at radius 3 is 2.79 bits per heavy atom. The maximum Gasteiger partial charge on any atom is 0.253 e. The van der Waals surface area contributed by atoms with E-state index < -0.39 is 0 Å². The molecular weight excluding hydrogens is 322 g/mol. The summed E-state index contributed by atoms with van der Waals surface area (Å²) in [4.78, 5) is 18.4. The number of hydrogen-bond donors (Lipinski definition) is 3. The van der Waals surface area contributed by atoms with E-state index in [0.29, 0.717) is 17.1 Å². The van der Waals surface area contributed by atoms with Crippen LogP contribution in [0.5, 0.6) is 0 Å². The van der Waals surface area contributed by atoms with E-state index in [0.717, 1.165) is 22.1 Å². The SMILES string of the molecule is Cc1c[nH]c2ccc(NCc3cc4cc(Cl)ccc4[nH]c3=O)cc12. The van der Waals surface area contributed by atoms with Crippen LogP contribution >= 0.6 is 11.6 Å². The van der Waals surface area contributed by atoms with E-state index in [2.05, 4.69) is 28.3 Å². The molecule has 4 rings (SSSR count). The molecule has 0 fully saturated rings. The number of anilines is 1. The van der Waals surface area contributed by atoms with E-state index in [4.69, 9.17) is 11.6 Å². The lowest BCUT2D eigenvalue weighted by Crippen LogP contribution is -2.15. The number of H-pyrrole nitrogens is 2. The molecule has 5 heteroatoms. The van der Waals surface area contributed by atoms with Gasteiger partial charge in [-0.2, -0.15) is 0 Å². The Balaban J connectivity index is 1.64. The highest BCUT2D eigenvalue weighted by molar-refractivity contribution is 6.31. The van der Waals surface area contributed by atoms with E-state index >= 15 is 0 Å². The first-order chi connectivity index (χ1) is 11.6. The fourth-order valence-electron chi connectivity index (χ4n) is 2.92. The molecular formula is C19H16ClN3O. The average Bonchev–Trinajstić information content (AvgIpc) is 2.94. The zero-order valence-electron chi connectivity index (χ0n) is 13.1. The van der Waals surface area contributed by atoms with Crippen molar-refractivity contribution in [1.29, 1.82) is 0 Å². The van der Waals surface area contributed by atoms with Gasteiger partial charge in [0.25, 0.3) is 5.56 Å². The summed E-state index contributed by atoms with van der Waals surface area (Å²) in [5, 5.41) is 6.08. The van der Waals surface area contributed by atoms with E-state index in [1.807, 2.05) is 36.5 Å². The third-order valence-electron chi connectivity index (χ3n) is 4.25. The number of aryl methyl sites for hydroxylation is 1. The molecule has 0 radical (unpaired) electrons. The number of rotatable bonds is 3. The monoisotopic (exact) mass is 337 g/mol. The minimum atomic E-state index is -0.0868. The lowest BCUT2D eigenvalue weighted by Gasteiger charge is -2.08. The molecule has 0 aliphatic rings. The van der Waals surface area contributed by atoms with Gasteiger partial charge in [0, 0.05) is 50.8 Å². The van der Waals surface area contributed by atoms with Crippen LogP contribution in [-0.2, 0) is 6.54 Å². The summed E-state index contributed by atoms with van der Waals surface area (Å²) in [6.07, 6.45) is 1.99. The van der Waals surface area contributed by atoms with Crippen molar-refractivity contribution in [2.24, 2.45) is 0 Å². The van der Waals surface area contributed by atoms with Crippen LogP contribution in [0.4, 0.5) is 5.69 Å². The van der Waals surface area contributed by atoms with Gasteiger partial charge in [0.15, 0.2) is 0 Å². The maximum absolute atomic E-state index is 12.2. The molecule has 0 atom stereocenters. The third-order valence-corrected chi connectivity index (χ3v) is 4.49. The Bertz CT molecular complexity index is 1110. The number of fused-ring (bicyclic) bond motifs is 2. The van der Waals surface area contributed by atoms with Crippen molar-refractivity contribution in [3.63, 3.8) is 0 Å². The Morgan fingerprint density at radius 2 is 1.92 bits per heavy atom. The van der Waals surface area contributed by atoms with Crippen molar-refractivity contribution in [3.8, 4) is 0 Å². The molecule has 0 spiro atoms. The van der Waals surface area contributed by atoms with Gasteiger partial charge in [-0.1, -0.05) is 11.6 Å². The lowest BCUT2D eigenvalue weighted by atomic mass is 10.1. The normalized spacial score (nSPS) is 11.2. The van der Waals surface area contributed by atoms with Crippen LogP contribution in [0.25, 0.3) is 21.8 Å². The second-order valence-electron chi connectivity index (χ2n) is 5.94. The molecule has 0 saturated heterocycles. The number of aromatic amines is 2. The summed E-state index contributed by atoms with van der Waals surface area (Å²) in [6, 6.07) is 13.5. The topological polar surface area (TPSA) is 60.7 Å². The predicted molar refractivity (Wildman–Crippen MR) is 99.9 cm³/mol. The molecule has 2 aromatic heterocycles. The lowest BCUT2D eigenvalue weighted by molar-refractivity contribution is 1.09. The van der Waals surface area contributed by atoms with Crippen molar-refractivity contribution in [2.75, 3.05) is 5.32 Å². The van der Waals surface area contributed by atoms with Gasteiger partial charge in [-0.25, -0.2) is 0 Å². The van der Waals surface area contributed by atoms with Crippen molar-refractivity contribution in [1.82, 2.24) is 9.97 Å². The Morgan fingerprint density at radius 1 is 1.08 bits per heavy atom. The highest BCUT2D eigenvalue weighted by atomic mass is 35.5. The van der Waals surface area contributed by atoms with Crippen molar-refractivity contribution in [2.45, 2.75) is 13.5 Å².